The lowest BCUT2D eigenvalue weighted by Gasteiger charge is -2.40. The topological polar surface area (TPSA) is 54.5 Å². The zero-order valence-corrected chi connectivity index (χ0v) is 18.6. The van der Waals surface area contributed by atoms with Gasteiger partial charge in [-0.05, 0) is 43.2 Å². The van der Waals surface area contributed by atoms with Crippen LogP contribution in [0.4, 0.5) is 17.6 Å². The molecule has 3 heterocycles. The number of nitrogens with zero attached hydrogens (tertiary/aromatic N) is 2. The van der Waals surface area contributed by atoms with Crippen LogP contribution in [0, 0.1) is 11.3 Å². The van der Waals surface area contributed by atoms with Gasteiger partial charge in [0.25, 0.3) is 0 Å². The zero-order chi connectivity index (χ0) is 23.1. The molecular weight excluding hydrogens is 426 g/mol. The summed E-state index contributed by atoms with van der Waals surface area (Å²) in [5.74, 6) is 0.0577. The first-order valence-electron chi connectivity index (χ1n) is 11.4. The predicted molar refractivity (Wildman–Crippen MR) is 111 cm³/mol. The van der Waals surface area contributed by atoms with Gasteiger partial charge in [-0.1, -0.05) is 13.8 Å². The van der Waals surface area contributed by atoms with Crippen molar-refractivity contribution < 1.29 is 27.1 Å². The third kappa shape index (κ3) is 4.51. The molecule has 1 aromatic heterocycles. The second-order valence-corrected chi connectivity index (χ2v) is 9.71. The molecule has 4 rings (SSSR count). The number of carbonyl (C=O) groups is 1. The van der Waals surface area contributed by atoms with E-state index in [9.17, 15) is 22.4 Å². The number of ether oxygens (including phenoxy) is 1. The maximum absolute atomic E-state index is 14.2. The highest BCUT2D eigenvalue weighted by Crippen LogP contribution is 2.47. The molecule has 0 aromatic carbocycles. The number of fused-ring (bicyclic) bond motifs is 1. The van der Waals surface area contributed by atoms with Crippen molar-refractivity contribution in [2.45, 2.75) is 76.9 Å². The van der Waals surface area contributed by atoms with Crippen molar-refractivity contribution in [3.63, 3.8) is 0 Å². The van der Waals surface area contributed by atoms with Crippen LogP contribution in [0.5, 0.6) is 0 Å². The Morgan fingerprint density at radius 3 is 2.81 bits per heavy atom. The molecule has 32 heavy (non-hydrogen) atoms. The number of carbonyl (C=O) groups excluding carboxylic acids is 1. The van der Waals surface area contributed by atoms with E-state index in [1.54, 1.807) is 4.90 Å². The number of hydrogen-bond acceptors (Lipinski definition) is 4. The lowest BCUT2D eigenvalue weighted by Crippen LogP contribution is -2.50. The fraction of sp³-hybridized carbons (Fsp3) is 0.739. The van der Waals surface area contributed by atoms with E-state index >= 15 is 0 Å². The van der Waals surface area contributed by atoms with Crippen molar-refractivity contribution in [1.82, 2.24) is 15.2 Å². The fourth-order valence-corrected chi connectivity index (χ4v) is 5.45. The normalized spacial score (nSPS) is 31.1. The second-order valence-electron chi connectivity index (χ2n) is 9.71. The van der Waals surface area contributed by atoms with E-state index in [2.05, 4.69) is 10.3 Å². The monoisotopic (exact) mass is 457 g/mol. The molecule has 4 atom stereocenters. The Morgan fingerprint density at radius 2 is 2.12 bits per heavy atom. The van der Waals surface area contributed by atoms with E-state index in [0.29, 0.717) is 50.1 Å². The molecule has 1 N–H and O–H groups in total. The Hall–Kier alpha value is -1.74. The summed E-state index contributed by atoms with van der Waals surface area (Å²) in [4.78, 5) is 19.4. The number of aromatic nitrogens is 1. The highest BCUT2D eigenvalue weighted by molar-refractivity contribution is 5.83. The summed E-state index contributed by atoms with van der Waals surface area (Å²) < 4.78 is 58.8. The van der Waals surface area contributed by atoms with Crippen LogP contribution < -0.4 is 5.32 Å². The van der Waals surface area contributed by atoms with E-state index in [1.807, 2.05) is 13.8 Å². The van der Waals surface area contributed by atoms with E-state index in [0.717, 1.165) is 18.7 Å². The maximum atomic E-state index is 14.2. The van der Waals surface area contributed by atoms with Gasteiger partial charge in [0.15, 0.2) is 0 Å². The highest BCUT2D eigenvalue weighted by Gasteiger charge is 2.50. The molecule has 1 amide bonds. The van der Waals surface area contributed by atoms with Crippen molar-refractivity contribution in [2.24, 2.45) is 11.3 Å². The van der Waals surface area contributed by atoms with Gasteiger partial charge in [-0.25, -0.2) is 4.39 Å². The van der Waals surface area contributed by atoms with Gasteiger partial charge in [0.05, 0.1) is 17.6 Å². The molecule has 1 saturated heterocycles. The summed E-state index contributed by atoms with van der Waals surface area (Å²) in [6, 6.07) is 0.897. The average molecular weight is 458 g/mol. The minimum absolute atomic E-state index is 0.0105. The van der Waals surface area contributed by atoms with Crippen LogP contribution >= 0.6 is 0 Å². The number of amides is 1. The first-order chi connectivity index (χ1) is 15.1. The molecule has 0 bridgehead atoms. The summed E-state index contributed by atoms with van der Waals surface area (Å²) in [5.41, 5.74) is -0.290. The molecule has 1 aliphatic carbocycles. The first kappa shape index (κ1) is 23.4. The minimum atomic E-state index is -4.46. The van der Waals surface area contributed by atoms with E-state index < -0.39 is 23.3 Å². The molecule has 0 radical (unpaired) electrons. The number of hydrogen-bond donors (Lipinski definition) is 1. The van der Waals surface area contributed by atoms with Crippen LogP contribution in [0.1, 0.15) is 56.4 Å². The Kier molecular flexibility index (Phi) is 6.51. The minimum Gasteiger partial charge on any atom is -0.378 e. The van der Waals surface area contributed by atoms with Crippen LogP contribution in [0.3, 0.4) is 0 Å². The molecule has 3 aliphatic rings. The smallest absolute Gasteiger partial charge is 0.378 e. The van der Waals surface area contributed by atoms with Crippen molar-refractivity contribution in [2.75, 3.05) is 19.8 Å². The van der Waals surface area contributed by atoms with Gasteiger partial charge in [0.1, 0.15) is 6.17 Å². The lowest BCUT2D eigenvalue weighted by molar-refractivity contribution is -0.146. The van der Waals surface area contributed by atoms with Gasteiger partial charge < -0.3 is 15.0 Å². The Labute approximate surface area is 185 Å². The fourth-order valence-electron chi connectivity index (χ4n) is 5.45. The quantitative estimate of drug-likeness (QED) is 0.697. The summed E-state index contributed by atoms with van der Waals surface area (Å²) in [5, 5.41) is 3.41. The van der Waals surface area contributed by atoms with Gasteiger partial charge in [0.2, 0.25) is 5.91 Å². The summed E-state index contributed by atoms with van der Waals surface area (Å²) in [7, 11) is 0. The average Bonchev–Trinajstić information content (AvgIpc) is 3.19. The highest BCUT2D eigenvalue weighted by atomic mass is 19.4. The van der Waals surface area contributed by atoms with Crippen molar-refractivity contribution in [3.8, 4) is 0 Å². The second kappa shape index (κ2) is 8.89. The van der Waals surface area contributed by atoms with Gasteiger partial charge in [-0.2, -0.15) is 13.2 Å². The van der Waals surface area contributed by atoms with Crippen LogP contribution in [0.15, 0.2) is 12.3 Å². The molecule has 2 fully saturated rings. The van der Waals surface area contributed by atoms with E-state index in [-0.39, 0.29) is 37.1 Å². The Bertz CT molecular complexity index is 847. The number of pyridine rings is 1. The van der Waals surface area contributed by atoms with Crippen LogP contribution in [-0.4, -0.2) is 53.8 Å². The van der Waals surface area contributed by atoms with Gasteiger partial charge in [-0.15, -0.1) is 0 Å². The molecule has 5 nitrogen and oxygen atoms in total. The maximum Gasteiger partial charge on any atom is 0.417 e. The summed E-state index contributed by atoms with van der Waals surface area (Å²) in [6.45, 7) is 5.26. The van der Waals surface area contributed by atoms with Crippen molar-refractivity contribution >= 4 is 5.91 Å². The zero-order valence-electron chi connectivity index (χ0n) is 18.6. The first-order valence-corrected chi connectivity index (χ1v) is 11.4. The van der Waals surface area contributed by atoms with Crippen molar-refractivity contribution in [1.29, 1.82) is 0 Å². The molecule has 0 unspecified atom stereocenters. The van der Waals surface area contributed by atoms with Crippen LogP contribution in [-0.2, 0) is 28.7 Å². The molecule has 0 spiro atoms. The third-order valence-corrected chi connectivity index (χ3v) is 7.47. The Morgan fingerprint density at radius 1 is 1.34 bits per heavy atom. The molecule has 1 saturated carbocycles. The van der Waals surface area contributed by atoms with Crippen LogP contribution in [0.2, 0.25) is 0 Å². The van der Waals surface area contributed by atoms with Crippen molar-refractivity contribution in [3.05, 3.63) is 29.1 Å². The predicted octanol–water partition coefficient (Wildman–Crippen LogP) is 3.90. The van der Waals surface area contributed by atoms with Gasteiger partial charge >= 0.3 is 6.18 Å². The van der Waals surface area contributed by atoms with E-state index in [4.69, 9.17) is 4.74 Å². The molecular formula is C23H31F4N3O2. The summed E-state index contributed by atoms with van der Waals surface area (Å²) in [6.07, 6.45) is -1.52. The molecule has 9 heteroatoms. The lowest BCUT2D eigenvalue weighted by atomic mass is 9.74. The van der Waals surface area contributed by atoms with Crippen LogP contribution in [0.25, 0.3) is 0 Å². The molecule has 1 aromatic rings. The molecule has 2 aliphatic heterocycles. The number of nitrogens with one attached hydrogen (secondary N) is 1. The summed E-state index contributed by atoms with van der Waals surface area (Å²) >= 11 is 0. The SMILES string of the molecule is CC(C)[C@]1(C(=O)N2CCc3ncc(C(F)(F)F)cc3C2)CC[C@@H](N[C@H]2CCOC[C@H]2F)C1. The Balaban J connectivity index is 1.48. The molecule has 178 valence electrons. The number of rotatable bonds is 4. The number of alkyl halides is 4. The third-order valence-electron chi connectivity index (χ3n) is 7.47. The largest absolute Gasteiger partial charge is 0.417 e. The van der Waals surface area contributed by atoms with Gasteiger partial charge in [-0.3, -0.25) is 9.78 Å². The van der Waals surface area contributed by atoms with E-state index in [1.165, 1.54) is 0 Å². The number of halogens is 4. The van der Waals surface area contributed by atoms with Gasteiger partial charge in [0, 0.05) is 50.1 Å². The standard InChI is InChI=1S/C23H31F4N3O2/c1-14(2)22(6-3-17(10-22)29-20-5-8-32-13-18(20)24)21(31)30-7-4-19-15(12-30)9-16(11-28-19)23(25,26)27/h9,11,14,17-18,20,29H,3-8,10,12-13H2,1-2H3/t17-,18-,20+,22+/m1/s1.